The van der Waals surface area contributed by atoms with Crippen molar-refractivity contribution in [1.82, 2.24) is 5.32 Å². The predicted octanol–water partition coefficient (Wildman–Crippen LogP) is 3.55. The number of hydrogen-bond donors (Lipinski definition) is 2. The molecule has 2 N–H and O–H groups in total. The van der Waals surface area contributed by atoms with Crippen LogP contribution >= 0.6 is 11.8 Å². The molecule has 0 bridgehead atoms. The third kappa shape index (κ3) is 6.08. The minimum Gasteiger partial charge on any atom is -0.386 e. The first kappa shape index (κ1) is 17.6. The Hall–Kier alpha value is -1.78. The van der Waals surface area contributed by atoms with Crippen LogP contribution in [0.15, 0.2) is 60.7 Å². The zero-order valence-corrected chi connectivity index (χ0v) is 14.1. The van der Waals surface area contributed by atoms with Crippen LogP contribution in [0.3, 0.4) is 0 Å². The lowest BCUT2D eigenvalue weighted by atomic mass is 10.0. The number of aliphatic hydroxyl groups is 1. The molecule has 2 aromatic rings. The van der Waals surface area contributed by atoms with Gasteiger partial charge in [0.2, 0.25) is 5.91 Å². The number of rotatable bonds is 8. The van der Waals surface area contributed by atoms with E-state index in [1.165, 1.54) is 5.56 Å². The molecule has 4 heteroatoms. The summed E-state index contributed by atoms with van der Waals surface area (Å²) in [5, 5.41) is 13.1. The van der Waals surface area contributed by atoms with Crippen molar-refractivity contribution in [2.75, 3.05) is 5.75 Å². The number of aliphatic hydroxyl groups excluding tert-OH is 1. The Morgan fingerprint density at radius 1 is 1.09 bits per heavy atom. The third-order valence-corrected chi connectivity index (χ3v) is 4.62. The lowest BCUT2D eigenvalue weighted by Gasteiger charge is -2.20. The van der Waals surface area contributed by atoms with Gasteiger partial charge in [-0.3, -0.25) is 4.79 Å². The molecule has 0 heterocycles. The number of carbonyl (C=O) groups excluding carboxylic acids is 1. The van der Waals surface area contributed by atoms with E-state index in [1.54, 1.807) is 11.8 Å². The maximum atomic E-state index is 12.0. The summed E-state index contributed by atoms with van der Waals surface area (Å²) < 4.78 is 0. The van der Waals surface area contributed by atoms with Gasteiger partial charge in [-0.2, -0.15) is 11.8 Å². The quantitative estimate of drug-likeness (QED) is 0.728. The van der Waals surface area contributed by atoms with Crippen LogP contribution in [0.2, 0.25) is 0 Å². The molecule has 0 unspecified atom stereocenters. The summed E-state index contributed by atoms with van der Waals surface area (Å²) in [5.74, 6) is 1.67. The van der Waals surface area contributed by atoms with E-state index in [4.69, 9.17) is 0 Å². The van der Waals surface area contributed by atoms with Gasteiger partial charge in [0.05, 0.1) is 12.1 Å². The normalized spacial score (nSPS) is 13.3. The number of thioether (sulfide) groups is 1. The van der Waals surface area contributed by atoms with Crippen LogP contribution in [0.4, 0.5) is 0 Å². The molecule has 0 spiro atoms. The van der Waals surface area contributed by atoms with Crippen molar-refractivity contribution in [3.63, 3.8) is 0 Å². The molecular weight excluding hydrogens is 306 g/mol. The summed E-state index contributed by atoms with van der Waals surface area (Å²) in [7, 11) is 0. The highest BCUT2D eigenvalue weighted by molar-refractivity contribution is 7.98. The van der Waals surface area contributed by atoms with Gasteiger partial charge in [-0.1, -0.05) is 60.7 Å². The lowest BCUT2D eigenvalue weighted by Crippen LogP contribution is -2.37. The molecule has 0 fully saturated rings. The molecule has 0 radical (unpaired) electrons. The van der Waals surface area contributed by atoms with Gasteiger partial charge in [0.15, 0.2) is 0 Å². The first-order valence-electron chi connectivity index (χ1n) is 7.81. The monoisotopic (exact) mass is 329 g/mol. The summed E-state index contributed by atoms with van der Waals surface area (Å²) in [5.41, 5.74) is 2.09. The van der Waals surface area contributed by atoms with Crippen LogP contribution in [0.1, 0.15) is 30.6 Å². The average Bonchev–Trinajstić information content (AvgIpc) is 2.59. The van der Waals surface area contributed by atoms with Crippen LogP contribution < -0.4 is 5.32 Å². The maximum absolute atomic E-state index is 12.0. The van der Waals surface area contributed by atoms with Gasteiger partial charge in [-0.25, -0.2) is 0 Å². The minimum atomic E-state index is -0.683. The standard InChI is InChI=1S/C19H23NO2S/c1-15(19(22)17-10-6-3-7-11-17)20-18(21)12-13-23-14-16-8-4-2-5-9-16/h2-11,15,19,22H,12-14H2,1H3,(H,20,21)/t15-,19+/m1/s1. The topological polar surface area (TPSA) is 49.3 Å². The fourth-order valence-electron chi connectivity index (χ4n) is 2.27. The summed E-state index contributed by atoms with van der Waals surface area (Å²) in [6.45, 7) is 1.83. The van der Waals surface area contributed by atoms with Crippen molar-refractivity contribution in [3.8, 4) is 0 Å². The molecule has 122 valence electrons. The van der Waals surface area contributed by atoms with E-state index in [0.717, 1.165) is 17.1 Å². The van der Waals surface area contributed by atoms with Gasteiger partial charge < -0.3 is 10.4 Å². The summed E-state index contributed by atoms with van der Waals surface area (Å²) in [6, 6.07) is 19.3. The van der Waals surface area contributed by atoms with Gasteiger partial charge in [0, 0.05) is 17.9 Å². The number of carbonyl (C=O) groups is 1. The smallest absolute Gasteiger partial charge is 0.221 e. The molecule has 1 amide bonds. The van der Waals surface area contributed by atoms with Crippen LogP contribution in [-0.2, 0) is 10.5 Å². The molecule has 0 aromatic heterocycles. The number of benzene rings is 2. The van der Waals surface area contributed by atoms with E-state index < -0.39 is 6.10 Å². The van der Waals surface area contributed by atoms with Crippen molar-refractivity contribution in [2.45, 2.75) is 31.2 Å². The van der Waals surface area contributed by atoms with E-state index >= 15 is 0 Å². The van der Waals surface area contributed by atoms with E-state index in [9.17, 15) is 9.90 Å². The molecule has 0 saturated heterocycles. The Morgan fingerprint density at radius 3 is 2.35 bits per heavy atom. The number of nitrogens with one attached hydrogen (secondary N) is 1. The highest BCUT2D eigenvalue weighted by atomic mass is 32.2. The van der Waals surface area contributed by atoms with Crippen LogP contribution in [-0.4, -0.2) is 22.8 Å². The van der Waals surface area contributed by atoms with Crippen LogP contribution in [0.25, 0.3) is 0 Å². The molecule has 0 aliphatic carbocycles. The Bertz CT molecular complexity index is 589. The second kappa shape index (κ2) is 9.38. The zero-order chi connectivity index (χ0) is 16.5. The van der Waals surface area contributed by atoms with E-state index in [2.05, 4.69) is 17.4 Å². The molecule has 0 saturated carbocycles. The fraction of sp³-hybridized carbons (Fsp3) is 0.316. The first-order valence-corrected chi connectivity index (χ1v) is 8.96. The van der Waals surface area contributed by atoms with E-state index in [1.807, 2.05) is 55.5 Å². The third-order valence-electron chi connectivity index (χ3n) is 3.59. The Morgan fingerprint density at radius 2 is 1.70 bits per heavy atom. The molecule has 2 atom stereocenters. The largest absolute Gasteiger partial charge is 0.386 e. The number of amides is 1. The van der Waals surface area contributed by atoms with Crippen molar-refractivity contribution < 1.29 is 9.90 Å². The van der Waals surface area contributed by atoms with Crippen LogP contribution in [0.5, 0.6) is 0 Å². The zero-order valence-electron chi connectivity index (χ0n) is 13.3. The Kier molecular flexibility index (Phi) is 7.17. The predicted molar refractivity (Wildman–Crippen MR) is 96.2 cm³/mol. The SMILES string of the molecule is C[C@@H](NC(=O)CCSCc1ccccc1)[C@H](O)c1ccccc1. The van der Waals surface area contributed by atoms with Crippen molar-refractivity contribution >= 4 is 17.7 Å². The minimum absolute atomic E-state index is 0.0203. The van der Waals surface area contributed by atoms with Gasteiger partial charge in [0.1, 0.15) is 0 Å². The van der Waals surface area contributed by atoms with Gasteiger partial charge in [0.25, 0.3) is 0 Å². The van der Waals surface area contributed by atoms with Crippen molar-refractivity contribution in [2.24, 2.45) is 0 Å². The molecule has 2 rings (SSSR count). The summed E-state index contributed by atoms with van der Waals surface area (Å²) >= 11 is 1.74. The molecule has 3 nitrogen and oxygen atoms in total. The lowest BCUT2D eigenvalue weighted by molar-refractivity contribution is -0.122. The Labute approximate surface area is 142 Å². The van der Waals surface area contributed by atoms with Crippen molar-refractivity contribution in [3.05, 3.63) is 71.8 Å². The highest BCUT2D eigenvalue weighted by Crippen LogP contribution is 2.16. The Balaban J connectivity index is 1.68. The molecular formula is C19H23NO2S. The second-order valence-corrected chi connectivity index (χ2v) is 6.61. The van der Waals surface area contributed by atoms with E-state index in [-0.39, 0.29) is 11.9 Å². The summed E-state index contributed by atoms with van der Waals surface area (Å²) in [4.78, 5) is 12.0. The maximum Gasteiger partial charge on any atom is 0.221 e. The first-order chi connectivity index (χ1) is 11.2. The summed E-state index contributed by atoms with van der Waals surface area (Å²) in [6.07, 6.45) is -0.222. The van der Waals surface area contributed by atoms with E-state index in [0.29, 0.717) is 6.42 Å². The van der Waals surface area contributed by atoms with Gasteiger partial charge in [-0.15, -0.1) is 0 Å². The molecule has 2 aromatic carbocycles. The highest BCUT2D eigenvalue weighted by Gasteiger charge is 2.17. The van der Waals surface area contributed by atoms with Crippen molar-refractivity contribution in [1.29, 1.82) is 0 Å². The average molecular weight is 329 g/mol. The van der Waals surface area contributed by atoms with Crippen LogP contribution in [0, 0.1) is 0 Å². The van der Waals surface area contributed by atoms with Gasteiger partial charge >= 0.3 is 0 Å². The molecule has 23 heavy (non-hydrogen) atoms. The van der Waals surface area contributed by atoms with Gasteiger partial charge in [-0.05, 0) is 18.1 Å². The fourth-order valence-corrected chi connectivity index (χ4v) is 3.18. The number of hydrogen-bond acceptors (Lipinski definition) is 3. The molecule has 0 aliphatic rings. The molecule has 0 aliphatic heterocycles. The second-order valence-electron chi connectivity index (χ2n) is 5.50.